The molecule has 0 spiro atoms. The van der Waals surface area contributed by atoms with Crippen molar-refractivity contribution in [2.45, 2.75) is 13.5 Å². The minimum absolute atomic E-state index is 0.323. The molecule has 0 aliphatic rings. The Morgan fingerprint density at radius 1 is 1.31 bits per heavy atom. The van der Waals surface area contributed by atoms with Crippen LogP contribution in [0.15, 0.2) is 47.3 Å². The van der Waals surface area contributed by atoms with E-state index < -0.39 is 28.8 Å². The van der Waals surface area contributed by atoms with E-state index in [0.29, 0.717) is 16.7 Å². The Morgan fingerprint density at radius 2 is 2.04 bits per heavy atom. The maximum atomic E-state index is 13.8. The molecule has 0 saturated carbocycles. The van der Waals surface area contributed by atoms with Crippen LogP contribution in [0, 0.1) is 22.9 Å². The van der Waals surface area contributed by atoms with Crippen LogP contribution in [0.3, 0.4) is 0 Å². The molecule has 3 rings (SSSR count). The summed E-state index contributed by atoms with van der Waals surface area (Å²) in [6.45, 7) is 1.18. The maximum Gasteiger partial charge on any atom is 0.271 e. The summed E-state index contributed by atoms with van der Waals surface area (Å²) in [5.74, 6) is -1.19. The third kappa shape index (κ3) is 3.27. The van der Waals surface area contributed by atoms with E-state index in [-0.39, 0.29) is 11.4 Å². The predicted molar refractivity (Wildman–Crippen MR) is 92.4 cm³/mol. The van der Waals surface area contributed by atoms with Crippen LogP contribution in [0.25, 0.3) is 10.9 Å². The zero-order valence-electron chi connectivity index (χ0n) is 13.6. The van der Waals surface area contributed by atoms with Gasteiger partial charge in [0, 0.05) is 12.1 Å². The van der Waals surface area contributed by atoms with Crippen molar-refractivity contribution >= 4 is 28.2 Å². The van der Waals surface area contributed by atoms with Gasteiger partial charge in [0.25, 0.3) is 11.2 Å². The van der Waals surface area contributed by atoms with Gasteiger partial charge in [-0.25, -0.2) is 9.37 Å². The first-order valence-electron chi connectivity index (χ1n) is 7.57. The number of non-ortho nitro benzene ring substituents is 1. The van der Waals surface area contributed by atoms with Crippen molar-refractivity contribution in [3.05, 3.63) is 74.6 Å². The van der Waals surface area contributed by atoms with Crippen LogP contribution >= 0.6 is 0 Å². The number of nitro benzene ring substituents is 1. The summed E-state index contributed by atoms with van der Waals surface area (Å²) in [6, 6.07) is 9.52. The second-order valence-corrected chi connectivity index (χ2v) is 5.54. The third-order valence-electron chi connectivity index (χ3n) is 3.79. The summed E-state index contributed by atoms with van der Waals surface area (Å²) < 4.78 is 14.9. The number of aromatic nitrogens is 2. The maximum absolute atomic E-state index is 13.8. The van der Waals surface area contributed by atoms with Crippen LogP contribution in [0.5, 0.6) is 0 Å². The number of benzene rings is 2. The van der Waals surface area contributed by atoms with Gasteiger partial charge in [-0.3, -0.25) is 24.3 Å². The van der Waals surface area contributed by atoms with Gasteiger partial charge in [-0.2, -0.15) is 0 Å². The molecule has 1 aromatic heterocycles. The number of hydrogen-bond donors (Lipinski definition) is 1. The van der Waals surface area contributed by atoms with Crippen LogP contribution in [0.1, 0.15) is 5.82 Å². The van der Waals surface area contributed by atoms with Crippen molar-refractivity contribution in [3.63, 3.8) is 0 Å². The van der Waals surface area contributed by atoms with E-state index in [9.17, 15) is 24.1 Å². The van der Waals surface area contributed by atoms with Gasteiger partial charge in [0.05, 0.1) is 21.5 Å². The fraction of sp³-hybridized carbons (Fsp3) is 0.118. The Hall–Kier alpha value is -3.62. The number of halogens is 1. The van der Waals surface area contributed by atoms with Crippen LogP contribution in [-0.4, -0.2) is 20.4 Å². The Bertz CT molecular complexity index is 1090. The summed E-state index contributed by atoms with van der Waals surface area (Å²) in [7, 11) is 0. The van der Waals surface area contributed by atoms with Gasteiger partial charge in [0.1, 0.15) is 18.2 Å². The molecule has 0 aliphatic heterocycles. The Morgan fingerprint density at radius 3 is 2.77 bits per heavy atom. The van der Waals surface area contributed by atoms with Crippen LogP contribution in [-0.2, 0) is 11.3 Å². The average molecular weight is 356 g/mol. The van der Waals surface area contributed by atoms with Crippen molar-refractivity contribution in [3.8, 4) is 0 Å². The molecule has 1 amide bonds. The molecule has 0 bridgehead atoms. The molecule has 8 nitrogen and oxygen atoms in total. The lowest BCUT2D eigenvalue weighted by molar-refractivity contribution is -0.384. The largest absolute Gasteiger partial charge is 0.322 e. The molecule has 132 valence electrons. The minimum Gasteiger partial charge on any atom is -0.322 e. The Labute approximate surface area is 146 Å². The molecule has 2 aromatic carbocycles. The molecule has 0 aliphatic carbocycles. The summed E-state index contributed by atoms with van der Waals surface area (Å²) in [4.78, 5) is 39.1. The van der Waals surface area contributed by atoms with Gasteiger partial charge < -0.3 is 5.32 Å². The number of carbonyl (C=O) groups excluding carboxylic acids is 1. The lowest BCUT2D eigenvalue weighted by atomic mass is 10.2. The summed E-state index contributed by atoms with van der Waals surface area (Å²) in [6.07, 6.45) is 0. The highest BCUT2D eigenvalue weighted by atomic mass is 19.1. The average Bonchev–Trinajstić information content (AvgIpc) is 2.60. The number of anilines is 1. The molecular weight excluding hydrogens is 343 g/mol. The summed E-state index contributed by atoms with van der Waals surface area (Å²) in [5, 5.41) is 13.4. The van der Waals surface area contributed by atoms with Gasteiger partial charge in [-0.15, -0.1) is 0 Å². The van der Waals surface area contributed by atoms with Crippen LogP contribution in [0.2, 0.25) is 0 Å². The molecule has 1 N–H and O–H groups in total. The first-order chi connectivity index (χ1) is 12.4. The number of hydrogen-bond acceptors (Lipinski definition) is 5. The fourth-order valence-electron chi connectivity index (χ4n) is 2.52. The second-order valence-electron chi connectivity index (χ2n) is 5.54. The summed E-state index contributed by atoms with van der Waals surface area (Å²) >= 11 is 0. The topological polar surface area (TPSA) is 107 Å². The standard InChI is InChI=1S/C17H13FN4O4/c1-10-19-14-5-3-2-4-12(14)17(24)21(10)9-16(23)20-15-8-11(22(25)26)6-7-13(15)18/h2-8H,9H2,1H3,(H,20,23). The minimum atomic E-state index is -0.815. The number of nitrogens with zero attached hydrogens (tertiary/aromatic N) is 3. The van der Waals surface area contributed by atoms with Crippen molar-refractivity contribution in [1.29, 1.82) is 0 Å². The molecule has 0 fully saturated rings. The van der Waals surface area contributed by atoms with E-state index in [4.69, 9.17) is 0 Å². The molecular formula is C17H13FN4O4. The predicted octanol–water partition coefficient (Wildman–Crippen LogP) is 2.39. The highest BCUT2D eigenvalue weighted by molar-refractivity contribution is 5.91. The number of aryl methyl sites for hydroxylation is 1. The lowest BCUT2D eigenvalue weighted by Gasteiger charge is -2.11. The first-order valence-corrected chi connectivity index (χ1v) is 7.57. The number of amides is 1. The molecule has 0 atom stereocenters. The number of para-hydroxylation sites is 1. The monoisotopic (exact) mass is 356 g/mol. The van der Waals surface area contributed by atoms with Gasteiger partial charge >= 0.3 is 0 Å². The van der Waals surface area contributed by atoms with E-state index in [1.165, 1.54) is 0 Å². The van der Waals surface area contributed by atoms with Crippen molar-refractivity contribution in [1.82, 2.24) is 9.55 Å². The smallest absolute Gasteiger partial charge is 0.271 e. The van der Waals surface area contributed by atoms with Gasteiger partial charge in [-0.05, 0) is 25.1 Å². The molecule has 3 aromatic rings. The third-order valence-corrected chi connectivity index (χ3v) is 3.79. The van der Waals surface area contributed by atoms with Gasteiger partial charge in [0.2, 0.25) is 5.91 Å². The number of nitrogens with one attached hydrogen (secondary N) is 1. The van der Waals surface area contributed by atoms with E-state index in [0.717, 1.165) is 22.8 Å². The van der Waals surface area contributed by atoms with E-state index in [2.05, 4.69) is 10.3 Å². The van der Waals surface area contributed by atoms with Crippen molar-refractivity contribution in [2.75, 3.05) is 5.32 Å². The van der Waals surface area contributed by atoms with Crippen LogP contribution < -0.4 is 10.9 Å². The molecule has 0 radical (unpaired) electrons. The van der Waals surface area contributed by atoms with Gasteiger partial charge in [0.15, 0.2) is 0 Å². The van der Waals surface area contributed by atoms with Crippen LogP contribution in [0.4, 0.5) is 15.8 Å². The highest BCUT2D eigenvalue weighted by Crippen LogP contribution is 2.21. The van der Waals surface area contributed by atoms with Crippen molar-refractivity contribution in [2.24, 2.45) is 0 Å². The van der Waals surface area contributed by atoms with E-state index >= 15 is 0 Å². The Kier molecular flexibility index (Phi) is 4.44. The zero-order valence-corrected chi connectivity index (χ0v) is 13.6. The van der Waals surface area contributed by atoms with E-state index in [1.807, 2.05) is 0 Å². The molecule has 1 heterocycles. The zero-order chi connectivity index (χ0) is 18.8. The first kappa shape index (κ1) is 17.2. The highest BCUT2D eigenvalue weighted by Gasteiger charge is 2.15. The summed E-state index contributed by atoms with van der Waals surface area (Å²) in [5.41, 5.74) is -0.578. The quantitative estimate of drug-likeness (QED) is 0.570. The molecule has 26 heavy (non-hydrogen) atoms. The SMILES string of the molecule is Cc1nc2ccccc2c(=O)n1CC(=O)Nc1cc([N+](=O)[O-])ccc1F. The number of fused-ring (bicyclic) bond motifs is 1. The van der Waals surface area contributed by atoms with Crippen molar-refractivity contribution < 1.29 is 14.1 Å². The van der Waals surface area contributed by atoms with E-state index in [1.54, 1.807) is 31.2 Å². The number of nitro groups is 1. The van der Waals surface area contributed by atoms with Gasteiger partial charge in [-0.1, -0.05) is 12.1 Å². The number of carbonyl (C=O) groups is 1. The number of rotatable bonds is 4. The Balaban J connectivity index is 1.90. The fourth-order valence-corrected chi connectivity index (χ4v) is 2.52. The molecule has 0 saturated heterocycles. The lowest BCUT2D eigenvalue weighted by Crippen LogP contribution is -2.30. The molecule has 0 unspecified atom stereocenters. The second kappa shape index (κ2) is 6.71. The molecule has 9 heteroatoms. The normalized spacial score (nSPS) is 10.7.